The van der Waals surface area contributed by atoms with Gasteiger partial charge >= 0.3 is 0 Å². The molecule has 1 aliphatic rings. The number of hydrogen-bond acceptors (Lipinski definition) is 4. The highest BCUT2D eigenvalue weighted by molar-refractivity contribution is 6.30. The number of amides is 2. The Labute approximate surface area is 154 Å². The molecule has 2 aromatic carbocycles. The number of fused-ring (bicyclic) bond motifs is 1. The first kappa shape index (κ1) is 18.0. The predicted molar refractivity (Wildman–Crippen MR) is 92.3 cm³/mol. The lowest BCUT2D eigenvalue weighted by Gasteiger charge is -2.24. The highest BCUT2D eigenvalue weighted by Gasteiger charge is 2.26. The van der Waals surface area contributed by atoms with E-state index in [-0.39, 0.29) is 19.1 Å². The fourth-order valence-corrected chi connectivity index (χ4v) is 2.68. The number of nitrogens with one attached hydrogen (secondary N) is 2. The molecule has 0 aromatic heterocycles. The zero-order valence-corrected chi connectivity index (χ0v) is 14.4. The molecule has 0 aliphatic carbocycles. The Kier molecular flexibility index (Phi) is 5.58. The average molecular weight is 379 g/mol. The van der Waals surface area contributed by atoms with Crippen molar-refractivity contribution in [3.05, 3.63) is 58.9 Å². The number of halogens is 2. The second-order valence-electron chi connectivity index (χ2n) is 5.74. The molecule has 0 unspecified atom stereocenters. The van der Waals surface area contributed by atoms with Gasteiger partial charge in [0.15, 0.2) is 6.61 Å². The molecule has 0 spiro atoms. The van der Waals surface area contributed by atoms with Crippen molar-refractivity contribution in [2.24, 2.45) is 5.92 Å². The number of hydrogen-bond donors (Lipinski definition) is 2. The van der Waals surface area contributed by atoms with E-state index in [4.69, 9.17) is 21.1 Å². The molecule has 3 rings (SSSR count). The summed E-state index contributed by atoms with van der Waals surface area (Å²) in [5.41, 5.74) is 5.47. The highest BCUT2D eigenvalue weighted by atomic mass is 35.5. The first-order valence-electron chi connectivity index (χ1n) is 7.89. The molecule has 136 valence electrons. The molecule has 0 bridgehead atoms. The maximum Gasteiger partial charge on any atom is 0.276 e. The number of hydrazine groups is 1. The summed E-state index contributed by atoms with van der Waals surface area (Å²) in [5, 5.41) is 0.569. The van der Waals surface area contributed by atoms with Crippen molar-refractivity contribution in [3.63, 3.8) is 0 Å². The van der Waals surface area contributed by atoms with Crippen molar-refractivity contribution in [1.82, 2.24) is 10.9 Å². The Hall–Kier alpha value is -2.80. The minimum Gasteiger partial charge on any atom is -0.492 e. The van der Waals surface area contributed by atoms with Gasteiger partial charge in [0, 0.05) is 5.02 Å². The van der Waals surface area contributed by atoms with Crippen LogP contribution in [-0.2, 0) is 16.0 Å². The van der Waals surface area contributed by atoms with Crippen LogP contribution in [-0.4, -0.2) is 25.0 Å². The Morgan fingerprint density at radius 3 is 2.73 bits per heavy atom. The minimum absolute atomic E-state index is 0.211. The number of benzene rings is 2. The summed E-state index contributed by atoms with van der Waals surface area (Å²) >= 11 is 5.95. The van der Waals surface area contributed by atoms with Gasteiger partial charge in [-0.15, -0.1) is 0 Å². The zero-order valence-electron chi connectivity index (χ0n) is 13.6. The molecule has 1 aliphatic heterocycles. The molecule has 1 atom stereocenters. The number of carbonyl (C=O) groups is 2. The third kappa shape index (κ3) is 4.64. The van der Waals surface area contributed by atoms with E-state index in [1.54, 1.807) is 18.2 Å². The SMILES string of the molecule is O=C(COc1ccc(F)cc1)NNC(=O)[C@H]1COc2ccc(Cl)cc2C1. The Morgan fingerprint density at radius 2 is 1.96 bits per heavy atom. The van der Waals surface area contributed by atoms with Crippen LogP contribution in [0.1, 0.15) is 5.56 Å². The molecule has 0 radical (unpaired) electrons. The Balaban J connectivity index is 1.45. The van der Waals surface area contributed by atoms with Gasteiger partial charge in [0.05, 0.1) is 5.92 Å². The smallest absolute Gasteiger partial charge is 0.276 e. The third-order valence-corrected chi connectivity index (χ3v) is 4.04. The normalized spacial score (nSPS) is 15.4. The van der Waals surface area contributed by atoms with Gasteiger partial charge in [-0.2, -0.15) is 0 Å². The van der Waals surface area contributed by atoms with Gasteiger partial charge in [0.25, 0.3) is 5.91 Å². The molecule has 0 fully saturated rings. The summed E-state index contributed by atoms with van der Waals surface area (Å²) in [7, 11) is 0. The molecule has 6 nitrogen and oxygen atoms in total. The van der Waals surface area contributed by atoms with E-state index in [0.29, 0.717) is 22.9 Å². The van der Waals surface area contributed by atoms with Gasteiger partial charge in [-0.25, -0.2) is 4.39 Å². The quantitative estimate of drug-likeness (QED) is 0.800. The van der Waals surface area contributed by atoms with E-state index >= 15 is 0 Å². The monoisotopic (exact) mass is 378 g/mol. The molecule has 2 N–H and O–H groups in total. The second kappa shape index (κ2) is 8.05. The molecule has 0 saturated carbocycles. The van der Waals surface area contributed by atoms with Crippen LogP contribution in [0.4, 0.5) is 4.39 Å². The van der Waals surface area contributed by atoms with Crippen LogP contribution in [0.15, 0.2) is 42.5 Å². The molecule has 2 amide bonds. The van der Waals surface area contributed by atoms with Crippen LogP contribution < -0.4 is 20.3 Å². The van der Waals surface area contributed by atoms with E-state index in [9.17, 15) is 14.0 Å². The third-order valence-electron chi connectivity index (χ3n) is 3.81. The minimum atomic E-state index is -0.539. The van der Waals surface area contributed by atoms with Crippen molar-refractivity contribution >= 4 is 23.4 Å². The molecular formula is C18H16ClFN2O4. The summed E-state index contributed by atoms with van der Waals surface area (Å²) in [5.74, 6) is -0.697. The van der Waals surface area contributed by atoms with Crippen molar-refractivity contribution in [2.75, 3.05) is 13.2 Å². The first-order chi connectivity index (χ1) is 12.5. The fourth-order valence-electron chi connectivity index (χ4n) is 2.48. The molecule has 8 heteroatoms. The van der Waals surface area contributed by atoms with E-state index < -0.39 is 17.6 Å². The molecule has 1 heterocycles. The number of ether oxygens (including phenoxy) is 2. The maximum atomic E-state index is 12.8. The van der Waals surface area contributed by atoms with Crippen molar-refractivity contribution < 1.29 is 23.5 Å². The molecule has 2 aromatic rings. The van der Waals surface area contributed by atoms with Crippen LogP contribution in [0.5, 0.6) is 11.5 Å². The standard InChI is InChI=1S/C18H16ClFN2O4/c19-13-1-6-16-11(8-13)7-12(9-26-16)18(24)22-21-17(23)10-25-15-4-2-14(20)3-5-15/h1-6,8,12H,7,9-10H2,(H,21,23)(H,22,24)/t12-/m1/s1. The van der Waals surface area contributed by atoms with Crippen LogP contribution in [0.25, 0.3) is 0 Å². The van der Waals surface area contributed by atoms with Gasteiger partial charge < -0.3 is 9.47 Å². The van der Waals surface area contributed by atoms with Crippen molar-refractivity contribution in [3.8, 4) is 11.5 Å². The summed E-state index contributed by atoms with van der Waals surface area (Å²) < 4.78 is 23.5. The second-order valence-corrected chi connectivity index (χ2v) is 6.18. The fraction of sp³-hybridized carbons (Fsp3) is 0.222. The van der Waals surface area contributed by atoms with E-state index in [0.717, 1.165) is 5.56 Å². The van der Waals surface area contributed by atoms with Gasteiger partial charge in [-0.05, 0) is 54.4 Å². The Bertz CT molecular complexity index is 813. The van der Waals surface area contributed by atoms with E-state index in [1.165, 1.54) is 24.3 Å². The lowest BCUT2D eigenvalue weighted by atomic mass is 9.96. The molecule has 0 saturated heterocycles. The molecular weight excluding hydrogens is 363 g/mol. The largest absolute Gasteiger partial charge is 0.492 e. The lowest BCUT2D eigenvalue weighted by Crippen LogP contribution is -2.48. The van der Waals surface area contributed by atoms with E-state index in [2.05, 4.69) is 10.9 Å². The van der Waals surface area contributed by atoms with Gasteiger partial charge in [-0.1, -0.05) is 11.6 Å². The summed E-state index contributed by atoms with van der Waals surface area (Å²) in [6.45, 7) is -0.103. The number of carbonyl (C=O) groups excluding carboxylic acids is 2. The van der Waals surface area contributed by atoms with Crippen LogP contribution in [0, 0.1) is 11.7 Å². The summed E-state index contributed by atoms with van der Waals surface area (Å²) in [6, 6.07) is 10.5. The van der Waals surface area contributed by atoms with Crippen molar-refractivity contribution in [2.45, 2.75) is 6.42 Å². The summed E-state index contributed by atoms with van der Waals surface area (Å²) in [6.07, 6.45) is 0.462. The van der Waals surface area contributed by atoms with Gasteiger partial charge in [0.1, 0.15) is 23.9 Å². The highest BCUT2D eigenvalue weighted by Crippen LogP contribution is 2.29. The van der Waals surface area contributed by atoms with Crippen LogP contribution in [0.3, 0.4) is 0 Å². The van der Waals surface area contributed by atoms with Crippen LogP contribution in [0.2, 0.25) is 5.02 Å². The first-order valence-corrected chi connectivity index (χ1v) is 8.27. The average Bonchev–Trinajstić information content (AvgIpc) is 2.65. The number of rotatable bonds is 4. The van der Waals surface area contributed by atoms with Crippen LogP contribution >= 0.6 is 11.6 Å². The zero-order chi connectivity index (χ0) is 18.5. The Morgan fingerprint density at radius 1 is 1.19 bits per heavy atom. The van der Waals surface area contributed by atoms with Crippen molar-refractivity contribution in [1.29, 1.82) is 0 Å². The van der Waals surface area contributed by atoms with Gasteiger partial charge in [-0.3, -0.25) is 20.4 Å². The maximum absolute atomic E-state index is 12.8. The predicted octanol–water partition coefficient (Wildman–Crippen LogP) is 2.26. The lowest BCUT2D eigenvalue weighted by molar-refractivity contribution is -0.132. The van der Waals surface area contributed by atoms with Gasteiger partial charge in [0.2, 0.25) is 5.91 Å². The topological polar surface area (TPSA) is 76.7 Å². The van der Waals surface area contributed by atoms with E-state index in [1.807, 2.05) is 0 Å². The molecule has 26 heavy (non-hydrogen) atoms. The summed E-state index contributed by atoms with van der Waals surface area (Å²) in [4.78, 5) is 23.9.